The van der Waals surface area contributed by atoms with Crippen molar-refractivity contribution in [3.8, 4) is 5.75 Å². The van der Waals surface area contributed by atoms with E-state index in [-0.39, 0.29) is 17.7 Å². The van der Waals surface area contributed by atoms with Gasteiger partial charge in [0.2, 0.25) is 11.8 Å². The number of rotatable bonds is 7. The zero-order chi connectivity index (χ0) is 19.2. The fourth-order valence-corrected chi connectivity index (χ4v) is 3.45. The predicted molar refractivity (Wildman–Crippen MR) is 104 cm³/mol. The highest BCUT2D eigenvalue weighted by atomic mass is 16.5. The first-order valence-corrected chi connectivity index (χ1v) is 9.34. The summed E-state index contributed by atoms with van der Waals surface area (Å²) in [6.07, 6.45) is 0.292. The van der Waals surface area contributed by atoms with E-state index in [1.807, 2.05) is 66.4 Å². The van der Waals surface area contributed by atoms with Gasteiger partial charge in [0.15, 0.2) is 0 Å². The van der Waals surface area contributed by atoms with Crippen LogP contribution in [0.25, 0.3) is 0 Å². The standard InChI is InChI=1S/C22H26N2O3/c1-3-23(14-17-7-5-4-6-8-17)22(26)19-13-21(25)24(16-19)15-18-9-11-20(27-2)12-10-18/h4-12,19H,3,13-16H2,1-2H3. The van der Waals surface area contributed by atoms with E-state index in [2.05, 4.69) is 0 Å². The van der Waals surface area contributed by atoms with Crippen molar-refractivity contribution in [1.82, 2.24) is 9.80 Å². The van der Waals surface area contributed by atoms with E-state index < -0.39 is 0 Å². The molecule has 5 nitrogen and oxygen atoms in total. The molecular weight excluding hydrogens is 340 g/mol. The molecule has 5 heteroatoms. The highest BCUT2D eigenvalue weighted by Crippen LogP contribution is 2.23. The minimum atomic E-state index is -0.264. The Morgan fingerprint density at radius 1 is 1.11 bits per heavy atom. The summed E-state index contributed by atoms with van der Waals surface area (Å²) in [4.78, 5) is 29.0. The molecule has 0 radical (unpaired) electrons. The minimum Gasteiger partial charge on any atom is -0.497 e. The van der Waals surface area contributed by atoms with Crippen LogP contribution in [0.1, 0.15) is 24.5 Å². The van der Waals surface area contributed by atoms with Gasteiger partial charge in [0.05, 0.1) is 13.0 Å². The maximum Gasteiger partial charge on any atom is 0.228 e. The molecule has 142 valence electrons. The molecule has 0 aliphatic carbocycles. The number of carbonyl (C=O) groups is 2. The van der Waals surface area contributed by atoms with Gasteiger partial charge in [0, 0.05) is 32.6 Å². The Kier molecular flexibility index (Phi) is 6.12. The van der Waals surface area contributed by atoms with Crippen LogP contribution in [0.3, 0.4) is 0 Å². The van der Waals surface area contributed by atoms with Crippen LogP contribution in [0, 0.1) is 5.92 Å². The van der Waals surface area contributed by atoms with E-state index in [1.165, 1.54) is 0 Å². The lowest BCUT2D eigenvalue weighted by Crippen LogP contribution is -2.36. The Bertz CT molecular complexity index is 774. The lowest BCUT2D eigenvalue weighted by molar-refractivity contribution is -0.136. The van der Waals surface area contributed by atoms with E-state index in [0.29, 0.717) is 32.6 Å². The zero-order valence-corrected chi connectivity index (χ0v) is 15.9. The van der Waals surface area contributed by atoms with Crippen LogP contribution >= 0.6 is 0 Å². The number of hydrogen-bond acceptors (Lipinski definition) is 3. The molecule has 1 unspecified atom stereocenters. The van der Waals surface area contributed by atoms with Gasteiger partial charge in [-0.2, -0.15) is 0 Å². The molecule has 0 spiro atoms. The molecule has 27 heavy (non-hydrogen) atoms. The first-order valence-electron chi connectivity index (χ1n) is 9.34. The molecule has 2 amide bonds. The molecule has 3 rings (SSSR count). The number of carbonyl (C=O) groups excluding carboxylic acids is 2. The van der Waals surface area contributed by atoms with E-state index in [1.54, 1.807) is 12.0 Å². The number of ether oxygens (including phenoxy) is 1. The van der Waals surface area contributed by atoms with E-state index in [0.717, 1.165) is 16.9 Å². The number of hydrogen-bond donors (Lipinski definition) is 0. The summed E-state index contributed by atoms with van der Waals surface area (Å²) in [5.74, 6) is 0.630. The summed E-state index contributed by atoms with van der Waals surface area (Å²) in [7, 11) is 1.63. The summed E-state index contributed by atoms with van der Waals surface area (Å²) < 4.78 is 5.17. The lowest BCUT2D eigenvalue weighted by atomic mass is 10.1. The van der Waals surface area contributed by atoms with Crippen molar-refractivity contribution in [3.63, 3.8) is 0 Å². The topological polar surface area (TPSA) is 49.9 Å². The third-order valence-electron chi connectivity index (χ3n) is 5.01. The fraction of sp³-hybridized carbons (Fsp3) is 0.364. The molecule has 2 aromatic rings. The molecule has 1 fully saturated rings. The normalized spacial score (nSPS) is 16.4. The largest absolute Gasteiger partial charge is 0.497 e. The Morgan fingerprint density at radius 3 is 2.44 bits per heavy atom. The average Bonchev–Trinajstić information content (AvgIpc) is 3.07. The Balaban J connectivity index is 1.61. The van der Waals surface area contributed by atoms with Gasteiger partial charge in [-0.15, -0.1) is 0 Å². The maximum absolute atomic E-state index is 12.9. The molecule has 1 heterocycles. The maximum atomic E-state index is 12.9. The molecule has 0 saturated carbocycles. The summed E-state index contributed by atoms with van der Waals surface area (Å²) in [6.45, 7) is 4.20. The van der Waals surface area contributed by atoms with Gasteiger partial charge < -0.3 is 14.5 Å². The molecular formula is C22H26N2O3. The predicted octanol–water partition coefficient (Wildman–Crippen LogP) is 3.09. The third kappa shape index (κ3) is 4.67. The molecule has 1 saturated heterocycles. The lowest BCUT2D eigenvalue weighted by Gasteiger charge is -2.24. The van der Waals surface area contributed by atoms with Gasteiger partial charge in [0.25, 0.3) is 0 Å². The second-order valence-corrected chi connectivity index (χ2v) is 6.86. The first kappa shape index (κ1) is 19.0. The molecule has 2 aromatic carbocycles. The van der Waals surface area contributed by atoms with Crippen molar-refractivity contribution in [2.24, 2.45) is 5.92 Å². The second-order valence-electron chi connectivity index (χ2n) is 6.86. The summed E-state index contributed by atoms with van der Waals surface area (Å²) in [5, 5.41) is 0. The average molecular weight is 366 g/mol. The molecule has 1 aliphatic rings. The zero-order valence-electron chi connectivity index (χ0n) is 15.9. The summed E-state index contributed by atoms with van der Waals surface area (Å²) in [5.41, 5.74) is 2.14. The Labute approximate surface area is 160 Å². The van der Waals surface area contributed by atoms with E-state index in [9.17, 15) is 9.59 Å². The molecule has 0 N–H and O–H groups in total. The quantitative estimate of drug-likeness (QED) is 0.757. The van der Waals surface area contributed by atoms with Crippen LogP contribution in [0.2, 0.25) is 0 Å². The summed E-state index contributed by atoms with van der Waals surface area (Å²) >= 11 is 0. The van der Waals surface area contributed by atoms with Crippen LogP contribution in [-0.4, -0.2) is 41.8 Å². The highest BCUT2D eigenvalue weighted by molar-refractivity contribution is 5.89. The highest BCUT2D eigenvalue weighted by Gasteiger charge is 2.36. The second kappa shape index (κ2) is 8.71. The smallest absolute Gasteiger partial charge is 0.228 e. The monoisotopic (exact) mass is 366 g/mol. The minimum absolute atomic E-state index is 0.0416. The van der Waals surface area contributed by atoms with Gasteiger partial charge in [-0.05, 0) is 30.2 Å². The molecule has 1 aliphatic heterocycles. The Hall–Kier alpha value is -2.82. The van der Waals surface area contributed by atoms with Crippen molar-refractivity contribution in [1.29, 1.82) is 0 Å². The van der Waals surface area contributed by atoms with Crippen LogP contribution < -0.4 is 4.74 Å². The Morgan fingerprint density at radius 2 is 1.81 bits per heavy atom. The third-order valence-corrected chi connectivity index (χ3v) is 5.01. The van der Waals surface area contributed by atoms with Crippen molar-refractivity contribution >= 4 is 11.8 Å². The fourth-order valence-electron chi connectivity index (χ4n) is 3.45. The van der Waals surface area contributed by atoms with E-state index in [4.69, 9.17) is 4.74 Å². The van der Waals surface area contributed by atoms with Gasteiger partial charge >= 0.3 is 0 Å². The van der Waals surface area contributed by atoms with Crippen molar-refractivity contribution in [2.45, 2.75) is 26.4 Å². The van der Waals surface area contributed by atoms with Gasteiger partial charge in [-0.3, -0.25) is 9.59 Å². The van der Waals surface area contributed by atoms with Gasteiger partial charge in [-0.1, -0.05) is 42.5 Å². The van der Waals surface area contributed by atoms with Crippen LogP contribution in [0.5, 0.6) is 5.75 Å². The van der Waals surface area contributed by atoms with Crippen LogP contribution in [0.15, 0.2) is 54.6 Å². The number of nitrogens with zero attached hydrogens (tertiary/aromatic N) is 2. The van der Waals surface area contributed by atoms with E-state index >= 15 is 0 Å². The van der Waals surface area contributed by atoms with Crippen molar-refractivity contribution in [3.05, 3.63) is 65.7 Å². The van der Waals surface area contributed by atoms with Gasteiger partial charge in [0.1, 0.15) is 5.75 Å². The van der Waals surface area contributed by atoms with Crippen LogP contribution in [0.4, 0.5) is 0 Å². The van der Waals surface area contributed by atoms with Crippen molar-refractivity contribution < 1.29 is 14.3 Å². The van der Waals surface area contributed by atoms with Gasteiger partial charge in [-0.25, -0.2) is 0 Å². The molecule has 0 aromatic heterocycles. The van der Waals surface area contributed by atoms with Crippen LogP contribution in [-0.2, 0) is 22.7 Å². The number of benzene rings is 2. The molecule has 0 bridgehead atoms. The SMILES string of the molecule is CCN(Cc1ccccc1)C(=O)C1CC(=O)N(Cc2ccc(OC)cc2)C1. The van der Waals surface area contributed by atoms with Crippen molar-refractivity contribution in [2.75, 3.05) is 20.2 Å². The number of methoxy groups -OCH3 is 1. The molecule has 1 atom stereocenters. The number of likely N-dealkylation sites (tertiary alicyclic amines) is 1. The number of amides is 2. The summed E-state index contributed by atoms with van der Waals surface area (Å²) in [6, 6.07) is 17.6. The first-order chi connectivity index (χ1) is 13.1.